The first-order chi connectivity index (χ1) is 7.83. The molecule has 1 aromatic carbocycles. The Hall–Kier alpha value is -1.28. The van der Waals surface area contributed by atoms with Gasteiger partial charge in [-0.15, -0.1) is 6.58 Å². The van der Waals surface area contributed by atoms with Crippen molar-refractivity contribution in [1.29, 1.82) is 0 Å². The lowest BCUT2D eigenvalue weighted by molar-refractivity contribution is 0.397. The van der Waals surface area contributed by atoms with Crippen molar-refractivity contribution in [3.63, 3.8) is 0 Å². The lowest BCUT2D eigenvalue weighted by atomic mass is 10.0. The molecule has 1 aromatic rings. The quantitative estimate of drug-likeness (QED) is 0.561. The van der Waals surface area contributed by atoms with Gasteiger partial charge in [0.15, 0.2) is 0 Å². The fourth-order valence-corrected chi connectivity index (χ4v) is 1.79. The van der Waals surface area contributed by atoms with Crippen molar-refractivity contribution in [3.05, 3.63) is 42.5 Å². The molecular formula is C14H21NO. The molecule has 1 atom stereocenters. The molecule has 0 bridgehead atoms. The number of ether oxygens (including phenoxy) is 1. The second-order valence-electron chi connectivity index (χ2n) is 3.73. The third-order valence-electron chi connectivity index (χ3n) is 2.66. The summed E-state index contributed by atoms with van der Waals surface area (Å²) in [6.07, 6.45) is 3.98. The Morgan fingerprint density at radius 1 is 1.44 bits per heavy atom. The van der Waals surface area contributed by atoms with Gasteiger partial charge in [0, 0.05) is 11.6 Å². The first-order valence-corrected chi connectivity index (χ1v) is 5.80. The highest BCUT2D eigenvalue weighted by Crippen LogP contribution is 2.26. The molecule has 0 radical (unpaired) electrons. The van der Waals surface area contributed by atoms with Gasteiger partial charge in [-0.05, 0) is 25.5 Å². The van der Waals surface area contributed by atoms with Gasteiger partial charge in [-0.1, -0.05) is 31.2 Å². The molecule has 1 rings (SSSR count). The third kappa shape index (κ3) is 3.38. The summed E-state index contributed by atoms with van der Waals surface area (Å²) >= 11 is 0. The molecule has 0 saturated carbocycles. The maximum Gasteiger partial charge on any atom is 0.123 e. The van der Waals surface area contributed by atoms with E-state index in [2.05, 4.69) is 31.0 Å². The van der Waals surface area contributed by atoms with E-state index in [9.17, 15) is 0 Å². The molecule has 2 nitrogen and oxygen atoms in total. The molecule has 0 aromatic heterocycles. The van der Waals surface area contributed by atoms with Crippen molar-refractivity contribution in [2.45, 2.75) is 25.8 Å². The standard InChI is InChI=1S/C14H21NO/c1-4-6-11-15-13(5-2)12-9-7-8-10-14(12)16-3/h4,7-10,13,15H,1,5-6,11H2,2-3H3. The summed E-state index contributed by atoms with van der Waals surface area (Å²) in [6, 6.07) is 8.53. The topological polar surface area (TPSA) is 21.3 Å². The number of nitrogens with one attached hydrogen (secondary N) is 1. The Balaban J connectivity index is 2.73. The van der Waals surface area contributed by atoms with Crippen LogP contribution >= 0.6 is 0 Å². The fourth-order valence-electron chi connectivity index (χ4n) is 1.79. The van der Waals surface area contributed by atoms with Crippen LogP contribution < -0.4 is 10.1 Å². The molecule has 0 spiro atoms. The van der Waals surface area contributed by atoms with Gasteiger partial charge in [-0.3, -0.25) is 0 Å². The summed E-state index contributed by atoms with van der Waals surface area (Å²) < 4.78 is 5.37. The first kappa shape index (κ1) is 12.8. The minimum Gasteiger partial charge on any atom is -0.496 e. The van der Waals surface area contributed by atoms with Crippen LogP contribution in [-0.2, 0) is 0 Å². The molecule has 16 heavy (non-hydrogen) atoms. The van der Waals surface area contributed by atoms with Gasteiger partial charge in [0.25, 0.3) is 0 Å². The second kappa shape index (κ2) is 7.07. The van der Waals surface area contributed by atoms with E-state index >= 15 is 0 Å². The van der Waals surface area contributed by atoms with E-state index in [0.717, 1.165) is 25.1 Å². The van der Waals surface area contributed by atoms with Gasteiger partial charge < -0.3 is 10.1 Å². The molecule has 0 aliphatic rings. The van der Waals surface area contributed by atoms with Crippen LogP contribution in [0.25, 0.3) is 0 Å². The Morgan fingerprint density at radius 2 is 2.19 bits per heavy atom. The summed E-state index contributed by atoms with van der Waals surface area (Å²) in [5.74, 6) is 0.959. The zero-order chi connectivity index (χ0) is 11.8. The van der Waals surface area contributed by atoms with Crippen molar-refractivity contribution in [3.8, 4) is 5.75 Å². The van der Waals surface area contributed by atoms with Crippen molar-refractivity contribution in [2.75, 3.05) is 13.7 Å². The lowest BCUT2D eigenvalue weighted by Crippen LogP contribution is -2.22. The summed E-state index contributed by atoms with van der Waals surface area (Å²) in [5.41, 5.74) is 1.23. The third-order valence-corrected chi connectivity index (χ3v) is 2.66. The SMILES string of the molecule is C=CCCNC(CC)c1ccccc1OC. The zero-order valence-corrected chi connectivity index (χ0v) is 10.2. The summed E-state index contributed by atoms with van der Waals surface area (Å²) in [4.78, 5) is 0. The fraction of sp³-hybridized carbons (Fsp3) is 0.429. The number of hydrogen-bond acceptors (Lipinski definition) is 2. The molecule has 0 aliphatic carbocycles. The highest BCUT2D eigenvalue weighted by atomic mass is 16.5. The Morgan fingerprint density at radius 3 is 2.81 bits per heavy atom. The number of rotatable bonds is 7. The Kier molecular flexibility index (Phi) is 5.65. The largest absolute Gasteiger partial charge is 0.496 e. The number of para-hydroxylation sites is 1. The maximum atomic E-state index is 5.37. The predicted octanol–water partition coefficient (Wildman–Crippen LogP) is 3.31. The van der Waals surface area contributed by atoms with Crippen molar-refractivity contribution in [2.24, 2.45) is 0 Å². The van der Waals surface area contributed by atoms with Crippen molar-refractivity contribution in [1.82, 2.24) is 5.32 Å². The molecule has 0 amide bonds. The monoisotopic (exact) mass is 219 g/mol. The Labute approximate surface area is 98.3 Å². The molecule has 2 heteroatoms. The summed E-state index contributed by atoms with van der Waals surface area (Å²) in [7, 11) is 1.72. The minimum absolute atomic E-state index is 0.357. The van der Waals surface area contributed by atoms with Gasteiger partial charge in [0.05, 0.1) is 7.11 Å². The summed E-state index contributed by atoms with van der Waals surface area (Å²) in [6.45, 7) is 6.86. The zero-order valence-electron chi connectivity index (χ0n) is 10.2. The van der Waals surface area contributed by atoms with Crippen molar-refractivity contribution >= 4 is 0 Å². The van der Waals surface area contributed by atoms with Crippen LogP contribution in [0.4, 0.5) is 0 Å². The average Bonchev–Trinajstić information content (AvgIpc) is 2.35. The molecule has 88 valence electrons. The van der Waals surface area contributed by atoms with E-state index in [4.69, 9.17) is 4.74 Å². The van der Waals surface area contributed by atoms with E-state index < -0.39 is 0 Å². The lowest BCUT2D eigenvalue weighted by Gasteiger charge is -2.19. The normalized spacial score (nSPS) is 12.1. The van der Waals surface area contributed by atoms with Crippen molar-refractivity contribution < 1.29 is 4.74 Å². The second-order valence-corrected chi connectivity index (χ2v) is 3.73. The van der Waals surface area contributed by atoms with Gasteiger partial charge in [-0.25, -0.2) is 0 Å². The van der Waals surface area contributed by atoms with Crippen LogP contribution in [0.5, 0.6) is 5.75 Å². The first-order valence-electron chi connectivity index (χ1n) is 5.80. The van der Waals surface area contributed by atoms with Crippen LogP contribution in [0.15, 0.2) is 36.9 Å². The highest BCUT2D eigenvalue weighted by molar-refractivity contribution is 5.35. The smallest absolute Gasteiger partial charge is 0.123 e. The number of methoxy groups -OCH3 is 1. The van der Waals surface area contributed by atoms with Crippen LogP contribution in [-0.4, -0.2) is 13.7 Å². The van der Waals surface area contributed by atoms with E-state index in [1.54, 1.807) is 7.11 Å². The van der Waals surface area contributed by atoms with Crippen LogP contribution in [0, 0.1) is 0 Å². The minimum atomic E-state index is 0.357. The van der Waals surface area contributed by atoms with Gasteiger partial charge in [-0.2, -0.15) is 0 Å². The van der Waals surface area contributed by atoms with Crippen LogP contribution in [0.3, 0.4) is 0 Å². The molecule has 0 aliphatic heterocycles. The van der Waals surface area contributed by atoms with Crippen LogP contribution in [0.2, 0.25) is 0 Å². The molecule has 0 heterocycles. The summed E-state index contributed by atoms with van der Waals surface area (Å²) in [5, 5.41) is 3.51. The van der Waals surface area contributed by atoms with E-state index in [-0.39, 0.29) is 0 Å². The van der Waals surface area contributed by atoms with Gasteiger partial charge in [0.1, 0.15) is 5.75 Å². The molecular weight excluding hydrogens is 198 g/mol. The number of hydrogen-bond donors (Lipinski definition) is 1. The molecule has 0 saturated heterocycles. The molecule has 0 fully saturated rings. The maximum absolute atomic E-state index is 5.37. The highest BCUT2D eigenvalue weighted by Gasteiger charge is 2.12. The van der Waals surface area contributed by atoms with Crippen LogP contribution in [0.1, 0.15) is 31.4 Å². The molecule has 1 N–H and O–H groups in total. The van der Waals surface area contributed by atoms with Gasteiger partial charge in [0.2, 0.25) is 0 Å². The number of benzene rings is 1. The molecule has 1 unspecified atom stereocenters. The van der Waals surface area contributed by atoms with E-state index in [0.29, 0.717) is 6.04 Å². The van der Waals surface area contributed by atoms with E-state index in [1.165, 1.54) is 5.56 Å². The van der Waals surface area contributed by atoms with E-state index in [1.807, 2.05) is 18.2 Å². The predicted molar refractivity (Wildman–Crippen MR) is 68.8 cm³/mol. The average molecular weight is 219 g/mol. The Bertz CT molecular complexity index is 322. The van der Waals surface area contributed by atoms with Gasteiger partial charge >= 0.3 is 0 Å².